The maximum absolute atomic E-state index is 5.37. The van der Waals surface area contributed by atoms with Gasteiger partial charge in [0.15, 0.2) is 5.82 Å². The molecule has 0 aliphatic carbocycles. The van der Waals surface area contributed by atoms with Gasteiger partial charge in [-0.2, -0.15) is 10.2 Å². The summed E-state index contributed by atoms with van der Waals surface area (Å²) in [6.45, 7) is 5.93. The second-order valence-electron chi connectivity index (χ2n) is 10.4. The van der Waals surface area contributed by atoms with Gasteiger partial charge >= 0.3 is 0 Å². The zero-order valence-electron chi connectivity index (χ0n) is 22.5. The Morgan fingerprint density at radius 1 is 0.725 bits per heavy atom. The van der Waals surface area contributed by atoms with Crippen LogP contribution in [-0.4, -0.2) is 68.5 Å². The van der Waals surface area contributed by atoms with Gasteiger partial charge in [-0.1, -0.05) is 48.5 Å². The molecule has 0 saturated carbocycles. The van der Waals surface area contributed by atoms with Crippen molar-refractivity contribution in [2.24, 2.45) is 0 Å². The molecule has 0 radical (unpaired) electrons. The van der Waals surface area contributed by atoms with Gasteiger partial charge in [-0.05, 0) is 52.7 Å². The van der Waals surface area contributed by atoms with Crippen LogP contribution in [0, 0.1) is 0 Å². The fourth-order valence-electron chi connectivity index (χ4n) is 5.53. The smallest absolute Gasteiger partial charge is 0.181 e. The van der Waals surface area contributed by atoms with Crippen LogP contribution in [0.4, 0.5) is 0 Å². The Labute approximate surface area is 232 Å². The van der Waals surface area contributed by atoms with E-state index in [1.165, 1.54) is 5.56 Å². The highest BCUT2D eigenvalue weighted by Gasteiger charge is 2.19. The van der Waals surface area contributed by atoms with Crippen LogP contribution in [0.2, 0.25) is 0 Å². The summed E-state index contributed by atoms with van der Waals surface area (Å²) >= 11 is 0. The summed E-state index contributed by atoms with van der Waals surface area (Å²) in [5.74, 6) is 2.45. The van der Waals surface area contributed by atoms with Crippen molar-refractivity contribution in [1.82, 2.24) is 35.2 Å². The van der Waals surface area contributed by atoms with Crippen molar-refractivity contribution >= 4 is 21.7 Å². The number of piperazine rings is 1. The third-order valence-corrected chi connectivity index (χ3v) is 7.76. The summed E-state index contributed by atoms with van der Waals surface area (Å²) in [6, 6.07) is 29.4. The average Bonchev–Trinajstić information content (AvgIpc) is 3.65. The summed E-state index contributed by atoms with van der Waals surface area (Å²) in [7, 11) is 1.69. The Hall–Kier alpha value is -4.53. The van der Waals surface area contributed by atoms with Gasteiger partial charge in [-0.3, -0.25) is 20.0 Å². The molecule has 7 rings (SSSR count). The molecule has 6 aromatic rings. The molecule has 1 aliphatic rings. The SMILES string of the molecule is COc1ccc2cc(-c3n[nH]c4ccc(-c5n[nH]c(CN6CCN(Cc7ccccc7)CC6)n5)cc34)ccc2c1. The van der Waals surface area contributed by atoms with E-state index in [9.17, 15) is 0 Å². The Morgan fingerprint density at radius 3 is 2.30 bits per heavy atom. The number of hydrogen-bond donors (Lipinski definition) is 2. The topological polar surface area (TPSA) is 86.0 Å². The lowest BCUT2D eigenvalue weighted by Gasteiger charge is -2.34. The molecule has 0 amide bonds. The molecule has 1 saturated heterocycles. The van der Waals surface area contributed by atoms with Gasteiger partial charge in [0, 0.05) is 49.2 Å². The summed E-state index contributed by atoms with van der Waals surface area (Å²) in [6.07, 6.45) is 0. The fraction of sp³-hybridized carbons (Fsp3) is 0.219. The van der Waals surface area contributed by atoms with Crippen molar-refractivity contribution < 1.29 is 4.74 Å². The van der Waals surface area contributed by atoms with E-state index in [0.29, 0.717) is 5.82 Å². The summed E-state index contributed by atoms with van der Waals surface area (Å²) in [4.78, 5) is 9.81. The highest BCUT2D eigenvalue weighted by Crippen LogP contribution is 2.32. The standard InChI is InChI=1S/C32H31N7O/c1-40-27-11-9-23-17-25(8-7-24(23)18-27)31-28-19-26(10-12-29(28)34-36-31)32-33-30(35-37-32)21-39-15-13-38(14-16-39)20-22-5-3-2-4-6-22/h2-12,17-19H,13-16,20-21H2,1H3,(H,34,36)(H,33,35,37). The largest absolute Gasteiger partial charge is 0.497 e. The quantitative estimate of drug-likeness (QED) is 0.284. The predicted octanol–water partition coefficient (Wildman–Crippen LogP) is 5.49. The normalized spacial score (nSPS) is 14.7. The first-order valence-corrected chi connectivity index (χ1v) is 13.7. The maximum atomic E-state index is 5.37. The molecule has 200 valence electrons. The fourth-order valence-corrected chi connectivity index (χ4v) is 5.53. The summed E-state index contributed by atoms with van der Waals surface area (Å²) < 4.78 is 5.37. The zero-order chi connectivity index (χ0) is 26.9. The monoisotopic (exact) mass is 529 g/mol. The molecular formula is C32H31N7O. The molecule has 40 heavy (non-hydrogen) atoms. The molecule has 2 N–H and O–H groups in total. The number of methoxy groups -OCH3 is 1. The van der Waals surface area contributed by atoms with Crippen molar-refractivity contribution in [1.29, 1.82) is 0 Å². The van der Waals surface area contributed by atoms with Crippen LogP contribution in [0.1, 0.15) is 11.4 Å². The van der Waals surface area contributed by atoms with Crippen molar-refractivity contribution in [3.05, 3.63) is 96.3 Å². The van der Waals surface area contributed by atoms with E-state index < -0.39 is 0 Å². The number of nitrogens with one attached hydrogen (secondary N) is 2. The van der Waals surface area contributed by atoms with Crippen molar-refractivity contribution in [2.75, 3.05) is 33.3 Å². The summed E-state index contributed by atoms with van der Waals surface area (Å²) in [5, 5.41) is 18.9. The van der Waals surface area contributed by atoms with Gasteiger partial charge in [-0.25, -0.2) is 4.98 Å². The molecule has 2 aromatic heterocycles. The molecule has 4 aromatic carbocycles. The average molecular weight is 530 g/mol. The lowest BCUT2D eigenvalue weighted by molar-refractivity contribution is 0.120. The number of benzene rings is 4. The van der Waals surface area contributed by atoms with Crippen LogP contribution in [0.15, 0.2) is 84.9 Å². The van der Waals surface area contributed by atoms with E-state index in [1.807, 2.05) is 18.2 Å². The first-order chi connectivity index (χ1) is 19.7. The minimum absolute atomic E-state index is 0.706. The van der Waals surface area contributed by atoms with Crippen LogP contribution in [-0.2, 0) is 13.1 Å². The van der Waals surface area contributed by atoms with E-state index in [-0.39, 0.29) is 0 Å². The number of aromatic nitrogens is 5. The third-order valence-electron chi connectivity index (χ3n) is 7.76. The Bertz CT molecular complexity index is 1770. The minimum Gasteiger partial charge on any atom is -0.497 e. The van der Waals surface area contributed by atoms with E-state index in [2.05, 4.69) is 96.9 Å². The molecule has 0 unspecified atom stereocenters. The Kier molecular flexibility index (Phi) is 6.47. The molecule has 0 spiro atoms. The van der Waals surface area contributed by atoms with Gasteiger partial charge in [0.05, 0.1) is 24.9 Å². The van der Waals surface area contributed by atoms with E-state index in [1.54, 1.807) is 7.11 Å². The molecule has 3 heterocycles. The lowest BCUT2D eigenvalue weighted by Crippen LogP contribution is -2.45. The molecule has 1 fully saturated rings. The highest BCUT2D eigenvalue weighted by molar-refractivity contribution is 5.97. The second-order valence-corrected chi connectivity index (χ2v) is 10.4. The lowest BCUT2D eigenvalue weighted by atomic mass is 10.0. The van der Waals surface area contributed by atoms with E-state index in [0.717, 1.165) is 89.3 Å². The number of rotatable bonds is 7. The first-order valence-electron chi connectivity index (χ1n) is 13.7. The first kappa shape index (κ1) is 24.5. The van der Waals surface area contributed by atoms with Crippen molar-refractivity contribution in [2.45, 2.75) is 13.1 Å². The van der Waals surface area contributed by atoms with Crippen LogP contribution < -0.4 is 4.74 Å². The molecule has 1 aliphatic heterocycles. The third kappa shape index (κ3) is 4.95. The molecular weight excluding hydrogens is 498 g/mol. The number of nitrogens with zero attached hydrogens (tertiary/aromatic N) is 5. The van der Waals surface area contributed by atoms with Crippen LogP contribution in [0.3, 0.4) is 0 Å². The number of fused-ring (bicyclic) bond motifs is 2. The number of aromatic amines is 2. The molecule has 0 bridgehead atoms. The van der Waals surface area contributed by atoms with E-state index in [4.69, 9.17) is 9.72 Å². The summed E-state index contributed by atoms with van der Waals surface area (Å²) in [5.41, 5.74) is 5.30. The van der Waals surface area contributed by atoms with Gasteiger partial charge in [0.1, 0.15) is 11.6 Å². The van der Waals surface area contributed by atoms with Crippen molar-refractivity contribution in [3.8, 4) is 28.4 Å². The van der Waals surface area contributed by atoms with E-state index >= 15 is 0 Å². The van der Waals surface area contributed by atoms with Gasteiger partial charge in [0.25, 0.3) is 0 Å². The second kappa shape index (κ2) is 10.6. The number of ether oxygens (including phenoxy) is 1. The molecule has 0 atom stereocenters. The van der Waals surface area contributed by atoms with Gasteiger partial charge in [0.2, 0.25) is 0 Å². The van der Waals surface area contributed by atoms with Crippen LogP contribution in [0.5, 0.6) is 5.75 Å². The van der Waals surface area contributed by atoms with Gasteiger partial charge < -0.3 is 4.74 Å². The Balaban J connectivity index is 1.06. The minimum atomic E-state index is 0.706. The molecule has 8 heteroatoms. The predicted molar refractivity (Wildman–Crippen MR) is 158 cm³/mol. The molecule has 8 nitrogen and oxygen atoms in total. The van der Waals surface area contributed by atoms with Crippen LogP contribution >= 0.6 is 0 Å². The van der Waals surface area contributed by atoms with Crippen LogP contribution in [0.25, 0.3) is 44.3 Å². The maximum Gasteiger partial charge on any atom is 0.181 e. The number of hydrogen-bond acceptors (Lipinski definition) is 6. The van der Waals surface area contributed by atoms with Gasteiger partial charge in [-0.15, -0.1) is 0 Å². The highest BCUT2D eigenvalue weighted by atomic mass is 16.5. The number of H-pyrrole nitrogens is 2. The Morgan fingerprint density at radius 2 is 1.48 bits per heavy atom. The zero-order valence-corrected chi connectivity index (χ0v) is 22.5. The van der Waals surface area contributed by atoms with Crippen molar-refractivity contribution in [3.63, 3.8) is 0 Å².